The Morgan fingerprint density at radius 1 is 1.21 bits per heavy atom. The summed E-state index contributed by atoms with van der Waals surface area (Å²) >= 11 is 6.20. The Balaban J connectivity index is 1.72. The van der Waals surface area contributed by atoms with Crippen LogP contribution in [0, 0.1) is 6.92 Å². The van der Waals surface area contributed by atoms with Crippen molar-refractivity contribution in [3.63, 3.8) is 0 Å². The summed E-state index contributed by atoms with van der Waals surface area (Å²) in [4.78, 5) is 20.6. The van der Waals surface area contributed by atoms with Gasteiger partial charge in [0.15, 0.2) is 0 Å². The van der Waals surface area contributed by atoms with E-state index in [4.69, 9.17) is 16.3 Å². The monoisotopic (exact) mass is 409 g/mol. The molecule has 4 aromatic heterocycles. The third-order valence-electron chi connectivity index (χ3n) is 4.83. The number of aromatic nitrogens is 5. The number of fused-ring (bicyclic) bond motifs is 1. The highest BCUT2D eigenvalue weighted by molar-refractivity contribution is 6.29. The summed E-state index contributed by atoms with van der Waals surface area (Å²) in [5.74, 6) is -0.331. The summed E-state index contributed by atoms with van der Waals surface area (Å²) in [7, 11) is 1.92. The fourth-order valence-corrected chi connectivity index (χ4v) is 3.52. The third-order valence-corrected chi connectivity index (χ3v) is 5.03. The van der Waals surface area contributed by atoms with E-state index < -0.39 is 0 Å². The van der Waals surface area contributed by atoms with E-state index in [1.165, 1.54) is 0 Å². The SMILES string of the molecule is CCOC(=O)Cc1cc(-c2cnc3cc(-c4cnn(C)c4C)ccn23)cc(Cl)n1. The fraction of sp³-hybridized carbons (Fsp3) is 0.238. The highest BCUT2D eigenvalue weighted by Gasteiger charge is 2.13. The number of esters is 1. The molecule has 0 atom stereocenters. The molecule has 4 aromatic rings. The molecule has 29 heavy (non-hydrogen) atoms. The van der Waals surface area contributed by atoms with Crippen LogP contribution in [0.15, 0.2) is 42.9 Å². The van der Waals surface area contributed by atoms with Gasteiger partial charge in [0.1, 0.15) is 10.8 Å². The van der Waals surface area contributed by atoms with Crippen molar-refractivity contribution < 1.29 is 9.53 Å². The molecule has 8 heteroatoms. The Morgan fingerprint density at radius 3 is 2.76 bits per heavy atom. The van der Waals surface area contributed by atoms with Crippen LogP contribution in [0.5, 0.6) is 0 Å². The molecule has 0 aliphatic carbocycles. The minimum atomic E-state index is -0.331. The first kappa shape index (κ1) is 19.1. The van der Waals surface area contributed by atoms with E-state index in [0.717, 1.165) is 33.7 Å². The Labute approximate surface area is 172 Å². The number of hydrogen-bond donors (Lipinski definition) is 0. The summed E-state index contributed by atoms with van der Waals surface area (Å²) in [6, 6.07) is 7.66. The van der Waals surface area contributed by atoms with Crippen LogP contribution >= 0.6 is 11.6 Å². The number of nitrogens with zero attached hydrogens (tertiary/aromatic N) is 5. The van der Waals surface area contributed by atoms with Crippen LogP contribution in [-0.2, 0) is 23.0 Å². The van der Waals surface area contributed by atoms with Crippen molar-refractivity contribution in [1.82, 2.24) is 24.1 Å². The van der Waals surface area contributed by atoms with E-state index in [1.807, 2.05) is 53.6 Å². The van der Waals surface area contributed by atoms with Gasteiger partial charge in [-0.1, -0.05) is 11.6 Å². The first-order chi connectivity index (χ1) is 14.0. The topological polar surface area (TPSA) is 74.3 Å². The molecule has 4 rings (SSSR count). The van der Waals surface area contributed by atoms with E-state index >= 15 is 0 Å². The van der Waals surface area contributed by atoms with Crippen molar-refractivity contribution in [3.8, 4) is 22.4 Å². The van der Waals surface area contributed by atoms with Gasteiger partial charge in [0.05, 0.1) is 36.8 Å². The molecular formula is C21H20ClN5O2. The second-order valence-electron chi connectivity index (χ2n) is 6.71. The molecule has 0 aromatic carbocycles. The number of hydrogen-bond acceptors (Lipinski definition) is 5. The van der Waals surface area contributed by atoms with Gasteiger partial charge in [-0.15, -0.1) is 0 Å². The van der Waals surface area contributed by atoms with Crippen LogP contribution in [0.3, 0.4) is 0 Å². The van der Waals surface area contributed by atoms with E-state index in [-0.39, 0.29) is 12.4 Å². The Hall–Kier alpha value is -3.19. The zero-order valence-electron chi connectivity index (χ0n) is 16.4. The van der Waals surface area contributed by atoms with Gasteiger partial charge < -0.3 is 4.74 Å². The molecule has 0 amide bonds. The summed E-state index contributed by atoms with van der Waals surface area (Å²) in [6.45, 7) is 4.14. The Bertz CT molecular complexity index is 1210. The number of aryl methyl sites for hydroxylation is 1. The number of ether oxygens (including phenoxy) is 1. The number of rotatable bonds is 5. The van der Waals surface area contributed by atoms with Gasteiger partial charge >= 0.3 is 5.97 Å². The van der Waals surface area contributed by atoms with Crippen LogP contribution in [0.2, 0.25) is 5.15 Å². The van der Waals surface area contributed by atoms with Gasteiger partial charge in [0.25, 0.3) is 0 Å². The van der Waals surface area contributed by atoms with Gasteiger partial charge in [-0.25, -0.2) is 9.97 Å². The lowest BCUT2D eigenvalue weighted by atomic mass is 10.1. The molecule has 0 saturated heterocycles. The fourth-order valence-electron chi connectivity index (χ4n) is 3.29. The van der Waals surface area contributed by atoms with Crippen LogP contribution in [0.1, 0.15) is 18.3 Å². The molecule has 148 valence electrons. The molecule has 0 aliphatic heterocycles. The quantitative estimate of drug-likeness (QED) is 0.369. The smallest absolute Gasteiger partial charge is 0.311 e. The molecule has 0 bridgehead atoms. The largest absolute Gasteiger partial charge is 0.466 e. The van der Waals surface area contributed by atoms with Crippen molar-refractivity contribution in [2.45, 2.75) is 20.3 Å². The second-order valence-corrected chi connectivity index (χ2v) is 7.09. The van der Waals surface area contributed by atoms with Crippen LogP contribution in [0.4, 0.5) is 0 Å². The maximum absolute atomic E-state index is 11.8. The van der Waals surface area contributed by atoms with Crippen molar-refractivity contribution in [2.75, 3.05) is 6.61 Å². The first-order valence-corrected chi connectivity index (χ1v) is 9.62. The minimum Gasteiger partial charge on any atom is -0.466 e. The number of carbonyl (C=O) groups is 1. The number of halogens is 1. The minimum absolute atomic E-state index is 0.0720. The first-order valence-electron chi connectivity index (χ1n) is 9.24. The third kappa shape index (κ3) is 3.73. The van der Waals surface area contributed by atoms with Gasteiger partial charge in [-0.3, -0.25) is 13.9 Å². The Kier molecular flexibility index (Phi) is 5.07. The summed E-state index contributed by atoms with van der Waals surface area (Å²) in [5.41, 5.74) is 6.28. The van der Waals surface area contributed by atoms with E-state index in [1.54, 1.807) is 19.2 Å². The lowest BCUT2D eigenvalue weighted by Crippen LogP contribution is -2.09. The summed E-state index contributed by atoms with van der Waals surface area (Å²) in [5, 5.41) is 4.63. The van der Waals surface area contributed by atoms with Crippen molar-refractivity contribution >= 4 is 23.2 Å². The van der Waals surface area contributed by atoms with E-state index in [9.17, 15) is 4.79 Å². The molecule has 0 aliphatic rings. The molecule has 7 nitrogen and oxygen atoms in total. The lowest BCUT2D eigenvalue weighted by molar-refractivity contribution is -0.142. The standard InChI is InChI=1S/C21H20ClN5O2/c1-4-29-21(28)10-16-7-15(8-19(22)25-16)18-12-23-20-9-14(5-6-27(18)20)17-11-24-26(3)13(17)2/h5-9,11-12H,4,10H2,1-3H3. The van der Waals surface area contributed by atoms with Crippen molar-refractivity contribution in [2.24, 2.45) is 7.05 Å². The molecule has 0 radical (unpaired) electrons. The number of imidazole rings is 1. The normalized spacial score (nSPS) is 11.2. The van der Waals surface area contributed by atoms with Gasteiger partial charge in [-0.2, -0.15) is 5.10 Å². The molecule has 0 saturated carbocycles. The summed E-state index contributed by atoms with van der Waals surface area (Å²) < 4.78 is 8.84. The second kappa shape index (κ2) is 7.67. The zero-order valence-corrected chi connectivity index (χ0v) is 17.1. The summed E-state index contributed by atoms with van der Waals surface area (Å²) in [6.07, 6.45) is 5.69. The maximum atomic E-state index is 11.8. The van der Waals surface area contributed by atoms with E-state index in [2.05, 4.69) is 15.1 Å². The number of pyridine rings is 2. The highest BCUT2D eigenvalue weighted by atomic mass is 35.5. The molecule has 0 spiro atoms. The molecule has 4 heterocycles. The van der Waals surface area contributed by atoms with Gasteiger partial charge in [0, 0.05) is 30.1 Å². The molecule has 0 unspecified atom stereocenters. The maximum Gasteiger partial charge on any atom is 0.311 e. The van der Waals surface area contributed by atoms with Gasteiger partial charge in [0.2, 0.25) is 0 Å². The average molecular weight is 410 g/mol. The lowest BCUT2D eigenvalue weighted by Gasteiger charge is -2.07. The average Bonchev–Trinajstić information content (AvgIpc) is 3.24. The Morgan fingerprint density at radius 2 is 2.03 bits per heavy atom. The number of carbonyl (C=O) groups excluding carboxylic acids is 1. The highest BCUT2D eigenvalue weighted by Crippen LogP contribution is 2.28. The molecule has 0 N–H and O–H groups in total. The van der Waals surface area contributed by atoms with Crippen molar-refractivity contribution in [3.05, 3.63) is 59.4 Å². The predicted octanol–water partition coefficient (Wildman–Crippen LogP) is 3.86. The van der Waals surface area contributed by atoms with Crippen LogP contribution < -0.4 is 0 Å². The van der Waals surface area contributed by atoms with Gasteiger partial charge in [-0.05, 0) is 43.7 Å². The molecular weight excluding hydrogens is 390 g/mol. The molecule has 0 fully saturated rings. The van der Waals surface area contributed by atoms with Crippen LogP contribution in [0.25, 0.3) is 28.0 Å². The zero-order chi connectivity index (χ0) is 20.5. The van der Waals surface area contributed by atoms with Crippen molar-refractivity contribution in [1.29, 1.82) is 0 Å². The van der Waals surface area contributed by atoms with Crippen LogP contribution in [-0.4, -0.2) is 36.7 Å². The van der Waals surface area contributed by atoms with E-state index in [0.29, 0.717) is 17.5 Å². The predicted molar refractivity (Wildman–Crippen MR) is 111 cm³/mol.